The lowest BCUT2D eigenvalue weighted by Crippen LogP contribution is -2.47. The van der Waals surface area contributed by atoms with Gasteiger partial charge in [-0.1, -0.05) is 6.42 Å². The van der Waals surface area contributed by atoms with Gasteiger partial charge in [-0.25, -0.2) is 0 Å². The molecule has 3 atom stereocenters. The van der Waals surface area contributed by atoms with Crippen LogP contribution < -0.4 is 16.0 Å². The van der Waals surface area contributed by atoms with Gasteiger partial charge in [0.05, 0.1) is 12.6 Å². The second kappa shape index (κ2) is 5.52. The van der Waals surface area contributed by atoms with Crippen LogP contribution in [0.4, 0.5) is 0 Å². The molecule has 0 aromatic heterocycles. The molecule has 20 heavy (non-hydrogen) atoms. The Hall–Kier alpha value is -1.43. The number of nitrogens with one attached hydrogen (secondary N) is 3. The second-order valence-electron chi connectivity index (χ2n) is 6.13. The molecule has 3 fully saturated rings. The quantitative estimate of drug-likeness (QED) is 0.583. The Morgan fingerprint density at radius 1 is 1.10 bits per heavy atom. The van der Waals surface area contributed by atoms with Gasteiger partial charge in [0.2, 0.25) is 11.7 Å². The molecule has 2 aliphatic carbocycles. The van der Waals surface area contributed by atoms with Crippen molar-refractivity contribution in [1.29, 1.82) is 0 Å². The highest BCUT2D eigenvalue weighted by Gasteiger charge is 2.42. The molecule has 1 aliphatic heterocycles. The smallest absolute Gasteiger partial charge is 0.289 e. The maximum atomic E-state index is 12.1. The highest BCUT2D eigenvalue weighted by Crippen LogP contribution is 2.37. The first-order chi connectivity index (χ1) is 9.65. The minimum absolute atomic E-state index is 0.146. The van der Waals surface area contributed by atoms with Crippen molar-refractivity contribution < 1.29 is 14.4 Å². The summed E-state index contributed by atoms with van der Waals surface area (Å²) in [7, 11) is 0. The van der Waals surface area contributed by atoms with Crippen molar-refractivity contribution in [3.05, 3.63) is 0 Å². The zero-order chi connectivity index (χ0) is 14.1. The summed E-state index contributed by atoms with van der Waals surface area (Å²) in [6.07, 6.45) is 5.33. The maximum Gasteiger partial charge on any atom is 0.289 e. The third kappa shape index (κ3) is 2.85. The van der Waals surface area contributed by atoms with Gasteiger partial charge in [-0.15, -0.1) is 0 Å². The number of ketones is 1. The second-order valence-corrected chi connectivity index (χ2v) is 6.13. The molecule has 2 amide bonds. The Kier molecular flexibility index (Phi) is 3.74. The van der Waals surface area contributed by atoms with Gasteiger partial charge in [-0.3, -0.25) is 14.4 Å². The summed E-state index contributed by atoms with van der Waals surface area (Å²) in [4.78, 5) is 35.2. The molecule has 3 rings (SSSR count). The van der Waals surface area contributed by atoms with Gasteiger partial charge in [0.25, 0.3) is 5.91 Å². The Morgan fingerprint density at radius 2 is 1.90 bits per heavy atom. The van der Waals surface area contributed by atoms with E-state index in [-0.39, 0.29) is 24.5 Å². The zero-order valence-corrected chi connectivity index (χ0v) is 11.5. The first kappa shape index (κ1) is 13.5. The van der Waals surface area contributed by atoms with Gasteiger partial charge >= 0.3 is 0 Å². The van der Waals surface area contributed by atoms with E-state index in [9.17, 15) is 14.4 Å². The Bertz CT molecular complexity index is 433. The minimum Gasteiger partial charge on any atom is -0.347 e. The number of fused-ring (bicyclic) bond motifs is 1. The van der Waals surface area contributed by atoms with E-state index < -0.39 is 11.7 Å². The SMILES string of the molecule is O=C(CNC(=O)C1NC[C@@H]2CCC[C@H]12)C(=O)NC1CC1. The first-order valence-electron chi connectivity index (χ1n) is 7.50. The van der Waals surface area contributed by atoms with E-state index in [1.165, 1.54) is 12.8 Å². The normalized spacial score (nSPS) is 31.7. The number of amides is 2. The molecule has 0 aromatic rings. The van der Waals surface area contributed by atoms with Crippen molar-refractivity contribution in [3.63, 3.8) is 0 Å². The zero-order valence-electron chi connectivity index (χ0n) is 11.5. The highest BCUT2D eigenvalue weighted by molar-refractivity contribution is 6.37. The number of carbonyl (C=O) groups is 3. The highest BCUT2D eigenvalue weighted by atomic mass is 16.2. The molecule has 3 aliphatic rings. The van der Waals surface area contributed by atoms with Gasteiger partial charge in [-0.2, -0.15) is 0 Å². The largest absolute Gasteiger partial charge is 0.347 e. The Labute approximate surface area is 118 Å². The molecule has 0 bridgehead atoms. The fourth-order valence-electron chi connectivity index (χ4n) is 3.33. The van der Waals surface area contributed by atoms with Gasteiger partial charge in [0.1, 0.15) is 0 Å². The van der Waals surface area contributed by atoms with Crippen molar-refractivity contribution >= 4 is 17.6 Å². The number of carbonyl (C=O) groups excluding carboxylic acids is 3. The number of hydrogen-bond acceptors (Lipinski definition) is 4. The molecule has 1 heterocycles. The summed E-state index contributed by atoms with van der Waals surface area (Å²) in [6.45, 7) is 0.686. The monoisotopic (exact) mass is 279 g/mol. The molecule has 0 spiro atoms. The van der Waals surface area contributed by atoms with Gasteiger partial charge in [-0.05, 0) is 44.1 Å². The van der Waals surface area contributed by atoms with Crippen LogP contribution in [0.15, 0.2) is 0 Å². The molecular formula is C14H21N3O3. The third-order valence-corrected chi connectivity index (χ3v) is 4.62. The van der Waals surface area contributed by atoms with E-state index in [0.29, 0.717) is 11.8 Å². The summed E-state index contributed by atoms with van der Waals surface area (Å²) in [6, 6.07) is -0.0281. The molecule has 6 heteroatoms. The average molecular weight is 279 g/mol. The van der Waals surface area contributed by atoms with Crippen molar-refractivity contribution in [2.24, 2.45) is 11.8 Å². The number of hydrogen-bond donors (Lipinski definition) is 3. The van der Waals surface area contributed by atoms with E-state index in [1.54, 1.807) is 0 Å². The van der Waals surface area contributed by atoms with E-state index in [2.05, 4.69) is 16.0 Å². The van der Waals surface area contributed by atoms with Crippen molar-refractivity contribution in [2.75, 3.05) is 13.1 Å². The fraction of sp³-hybridized carbons (Fsp3) is 0.786. The number of Topliss-reactive ketones (excluding diaryl/α,β-unsaturated/α-hetero) is 1. The van der Waals surface area contributed by atoms with Gasteiger partial charge in [0, 0.05) is 6.04 Å². The standard InChI is InChI=1S/C14H21N3O3/c18-11(13(19)17-9-4-5-9)7-16-14(20)12-10-3-1-2-8(10)6-15-12/h8-10,12,15H,1-7H2,(H,16,20)(H,17,19)/t8-,10-,12?/m0/s1. The lowest BCUT2D eigenvalue weighted by atomic mass is 9.93. The maximum absolute atomic E-state index is 12.1. The van der Waals surface area contributed by atoms with Crippen LogP contribution >= 0.6 is 0 Å². The summed E-state index contributed by atoms with van der Waals surface area (Å²) in [5, 5.41) is 8.46. The van der Waals surface area contributed by atoms with Crippen LogP contribution in [-0.4, -0.2) is 42.8 Å². The topological polar surface area (TPSA) is 87.3 Å². The molecule has 2 saturated carbocycles. The van der Waals surface area contributed by atoms with E-state index in [4.69, 9.17) is 0 Å². The molecular weight excluding hydrogens is 258 g/mol. The van der Waals surface area contributed by atoms with Crippen LogP contribution in [0, 0.1) is 11.8 Å². The lowest BCUT2D eigenvalue weighted by molar-refractivity contribution is -0.138. The van der Waals surface area contributed by atoms with Crippen molar-refractivity contribution in [2.45, 2.75) is 44.2 Å². The van der Waals surface area contributed by atoms with E-state index >= 15 is 0 Å². The minimum atomic E-state index is -0.578. The number of rotatable bonds is 5. The predicted octanol–water partition coefficient (Wildman–Crippen LogP) is -0.662. The molecule has 1 saturated heterocycles. The fourth-order valence-corrected chi connectivity index (χ4v) is 3.33. The predicted molar refractivity (Wildman–Crippen MR) is 71.8 cm³/mol. The van der Waals surface area contributed by atoms with Crippen molar-refractivity contribution in [3.8, 4) is 0 Å². The van der Waals surface area contributed by atoms with Crippen LogP contribution in [0.1, 0.15) is 32.1 Å². The van der Waals surface area contributed by atoms with Crippen LogP contribution in [-0.2, 0) is 14.4 Å². The summed E-state index contributed by atoms with van der Waals surface area (Å²) >= 11 is 0. The lowest BCUT2D eigenvalue weighted by Gasteiger charge is -2.17. The average Bonchev–Trinajstić information content (AvgIpc) is 2.97. The van der Waals surface area contributed by atoms with Crippen LogP contribution in [0.5, 0.6) is 0 Å². The third-order valence-electron chi connectivity index (χ3n) is 4.62. The van der Waals surface area contributed by atoms with Crippen LogP contribution in [0.3, 0.4) is 0 Å². The Balaban J connectivity index is 1.44. The summed E-state index contributed by atoms with van der Waals surface area (Å²) < 4.78 is 0. The molecule has 110 valence electrons. The van der Waals surface area contributed by atoms with E-state index in [1.807, 2.05) is 0 Å². The first-order valence-corrected chi connectivity index (χ1v) is 7.50. The molecule has 0 aromatic carbocycles. The van der Waals surface area contributed by atoms with Crippen LogP contribution in [0.2, 0.25) is 0 Å². The Morgan fingerprint density at radius 3 is 2.65 bits per heavy atom. The molecule has 1 unspecified atom stereocenters. The molecule has 3 N–H and O–H groups in total. The summed E-state index contributed by atoms with van der Waals surface area (Å²) in [5.41, 5.74) is 0. The summed E-state index contributed by atoms with van der Waals surface area (Å²) in [5.74, 6) is -0.297. The van der Waals surface area contributed by atoms with E-state index in [0.717, 1.165) is 25.8 Å². The van der Waals surface area contributed by atoms with Gasteiger partial charge < -0.3 is 16.0 Å². The van der Waals surface area contributed by atoms with Crippen molar-refractivity contribution in [1.82, 2.24) is 16.0 Å². The van der Waals surface area contributed by atoms with Gasteiger partial charge in [0.15, 0.2) is 0 Å². The molecule has 0 radical (unpaired) electrons. The van der Waals surface area contributed by atoms with Crippen LogP contribution in [0.25, 0.3) is 0 Å². The molecule has 6 nitrogen and oxygen atoms in total.